The molecule has 3 aromatic carbocycles. The van der Waals surface area contributed by atoms with Gasteiger partial charge in [-0.15, -0.1) is 0 Å². The van der Waals surface area contributed by atoms with E-state index in [0.29, 0.717) is 54.3 Å². The largest absolute Gasteiger partial charge is 0.468 e. The third-order valence-electron chi connectivity index (χ3n) is 11.4. The maximum atomic E-state index is 17.7. The van der Waals surface area contributed by atoms with E-state index in [1.54, 1.807) is 6.07 Å². The Morgan fingerprint density at radius 1 is 1.04 bits per heavy atom. The van der Waals surface area contributed by atoms with Crippen molar-refractivity contribution in [3.63, 3.8) is 0 Å². The summed E-state index contributed by atoms with van der Waals surface area (Å²) < 4.78 is 67.9. The molecule has 0 radical (unpaired) electrons. The molecule has 4 aromatic rings. The van der Waals surface area contributed by atoms with Crippen LogP contribution in [0.4, 0.5) is 19.4 Å². The van der Waals surface area contributed by atoms with Crippen molar-refractivity contribution in [2.75, 3.05) is 58.4 Å². The number of fused-ring (bicyclic) bond motifs is 7. The van der Waals surface area contributed by atoms with Crippen LogP contribution in [-0.2, 0) is 9.47 Å². The van der Waals surface area contributed by atoms with Gasteiger partial charge < -0.3 is 33.3 Å². The monoisotopic (exact) mass is 745 g/mol. The first-order chi connectivity index (χ1) is 26.0. The SMILES string of the molecule is COCOc1cc(-c2c3c(c4c(N5CC6CCC(C5)N6C(=O)OC(C)(C)C)nc(OC[C@@]56CCCN5C[C@H](F)C6)nc4c2F)OCO3)c2ccccc2c1. The molecule has 5 aliphatic heterocycles. The van der Waals surface area contributed by atoms with E-state index < -0.39 is 23.1 Å². The van der Waals surface area contributed by atoms with Crippen LogP contribution in [0.25, 0.3) is 32.8 Å². The molecule has 6 heterocycles. The number of rotatable bonds is 8. The van der Waals surface area contributed by atoms with Gasteiger partial charge in [0.15, 0.2) is 24.1 Å². The van der Waals surface area contributed by atoms with Crippen LogP contribution in [0.3, 0.4) is 0 Å². The molecule has 286 valence electrons. The molecule has 0 aliphatic carbocycles. The number of hydrogen-bond acceptors (Lipinski definition) is 11. The summed E-state index contributed by atoms with van der Waals surface area (Å²) in [4.78, 5) is 29.2. The van der Waals surface area contributed by atoms with Gasteiger partial charge in [-0.25, -0.2) is 13.6 Å². The lowest BCUT2D eigenvalue weighted by molar-refractivity contribution is 0.0122. The van der Waals surface area contributed by atoms with Crippen LogP contribution in [0.1, 0.15) is 52.9 Å². The van der Waals surface area contributed by atoms with E-state index in [0.717, 1.165) is 43.0 Å². The van der Waals surface area contributed by atoms with E-state index in [4.69, 9.17) is 38.4 Å². The molecule has 1 amide bonds. The molecule has 2 bridgehead atoms. The highest BCUT2D eigenvalue weighted by molar-refractivity contribution is 6.07. The second-order valence-corrected chi connectivity index (χ2v) is 16.1. The molecule has 9 rings (SSSR count). The van der Waals surface area contributed by atoms with Gasteiger partial charge in [0, 0.05) is 38.7 Å². The Balaban J connectivity index is 1.19. The molecule has 5 aliphatic rings. The number of aromatic nitrogens is 2. The van der Waals surface area contributed by atoms with Crippen LogP contribution in [0.5, 0.6) is 23.3 Å². The molecule has 1 aromatic heterocycles. The minimum Gasteiger partial charge on any atom is -0.468 e. The first-order valence-corrected chi connectivity index (χ1v) is 18.8. The third kappa shape index (κ3) is 5.98. The first kappa shape index (κ1) is 35.0. The van der Waals surface area contributed by atoms with Crippen LogP contribution in [0.15, 0.2) is 36.4 Å². The summed E-state index contributed by atoms with van der Waals surface area (Å²) in [6, 6.07) is 11.0. The molecule has 4 fully saturated rings. The summed E-state index contributed by atoms with van der Waals surface area (Å²) in [7, 11) is 1.54. The van der Waals surface area contributed by atoms with Gasteiger partial charge in [-0.05, 0) is 75.9 Å². The number of benzene rings is 3. The number of piperazine rings is 1. The molecular weight excluding hydrogens is 700 g/mol. The lowest BCUT2D eigenvalue weighted by Crippen LogP contribution is -2.57. The number of ether oxygens (including phenoxy) is 6. The number of carbonyl (C=O) groups is 1. The van der Waals surface area contributed by atoms with Crippen LogP contribution < -0.4 is 23.8 Å². The average molecular weight is 746 g/mol. The van der Waals surface area contributed by atoms with E-state index in [2.05, 4.69) is 9.80 Å². The van der Waals surface area contributed by atoms with E-state index in [1.165, 1.54) is 7.11 Å². The van der Waals surface area contributed by atoms with E-state index in [9.17, 15) is 9.18 Å². The van der Waals surface area contributed by atoms with Crippen molar-refractivity contribution in [2.45, 2.75) is 82.3 Å². The minimum absolute atomic E-state index is 0.00583. The van der Waals surface area contributed by atoms with E-state index >= 15 is 4.39 Å². The van der Waals surface area contributed by atoms with Crippen molar-refractivity contribution in [2.24, 2.45) is 0 Å². The lowest BCUT2D eigenvalue weighted by Gasteiger charge is -2.42. The maximum absolute atomic E-state index is 17.7. The van der Waals surface area contributed by atoms with Crippen molar-refractivity contribution >= 4 is 33.6 Å². The van der Waals surface area contributed by atoms with Gasteiger partial charge in [-0.3, -0.25) is 9.80 Å². The number of methoxy groups -OCH3 is 1. The molecule has 2 unspecified atom stereocenters. The zero-order valence-corrected chi connectivity index (χ0v) is 31.0. The molecule has 0 spiro atoms. The molecule has 12 nitrogen and oxygen atoms in total. The second kappa shape index (κ2) is 13.3. The van der Waals surface area contributed by atoms with Gasteiger partial charge in [0.05, 0.1) is 28.6 Å². The van der Waals surface area contributed by atoms with Crippen LogP contribution >= 0.6 is 0 Å². The van der Waals surface area contributed by atoms with Gasteiger partial charge in [-0.1, -0.05) is 24.3 Å². The van der Waals surface area contributed by atoms with Gasteiger partial charge >= 0.3 is 12.1 Å². The Morgan fingerprint density at radius 2 is 1.81 bits per heavy atom. The highest BCUT2D eigenvalue weighted by atomic mass is 19.1. The molecule has 4 atom stereocenters. The maximum Gasteiger partial charge on any atom is 0.410 e. The van der Waals surface area contributed by atoms with Crippen molar-refractivity contribution in [1.82, 2.24) is 19.8 Å². The number of hydrogen-bond donors (Lipinski definition) is 0. The van der Waals surface area contributed by atoms with Crippen molar-refractivity contribution in [3.05, 3.63) is 42.2 Å². The van der Waals surface area contributed by atoms with Crippen molar-refractivity contribution < 1.29 is 42.0 Å². The molecule has 0 saturated carbocycles. The van der Waals surface area contributed by atoms with Gasteiger partial charge in [0.25, 0.3) is 0 Å². The molecular formula is C40H45F2N5O7. The third-order valence-corrected chi connectivity index (χ3v) is 11.4. The summed E-state index contributed by atoms with van der Waals surface area (Å²) >= 11 is 0. The fourth-order valence-corrected chi connectivity index (χ4v) is 9.24. The summed E-state index contributed by atoms with van der Waals surface area (Å²) in [6.45, 7) is 7.69. The van der Waals surface area contributed by atoms with Gasteiger partial charge in [-0.2, -0.15) is 9.97 Å². The smallest absolute Gasteiger partial charge is 0.410 e. The summed E-state index contributed by atoms with van der Waals surface area (Å²) in [5.74, 6) is 0.863. The molecule has 4 saturated heterocycles. The Morgan fingerprint density at radius 3 is 2.59 bits per heavy atom. The molecule has 54 heavy (non-hydrogen) atoms. The number of anilines is 1. The average Bonchev–Trinajstić information content (AvgIpc) is 3.90. The standard InChI is InChI=1S/C40H45F2N5O7/c1-39(2,3)54-38(48)47-25-10-11-26(47)19-45(18-25)36-31-33(43-37(44-36)50-20-40-12-7-13-46(40)17-24(41)16-40)32(42)30(34-35(31)53-22-52-34)29-15-27(51-21-49-4)14-23-8-5-6-9-28(23)29/h5-6,8-9,14-15,24-26H,7,10-13,16-22H2,1-4H3/t24-,25?,26?,40+/m1/s1. The summed E-state index contributed by atoms with van der Waals surface area (Å²) in [5, 5.41) is 1.98. The quantitative estimate of drug-likeness (QED) is 0.177. The van der Waals surface area contributed by atoms with Crippen LogP contribution in [-0.4, -0.2) is 109 Å². The lowest BCUT2D eigenvalue weighted by atomic mass is 9.94. The van der Waals surface area contributed by atoms with Crippen LogP contribution in [0, 0.1) is 5.82 Å². The Hall–Kier alpha value is -4.69. The predicted molar refractivity (Wildman–Crippen MR) is 197 cm³/mol. The first-order valence-electron chi connectivity index (χ1n) is 18.8. The predicted octanol–water partition coefficient (Wildman–Crippen LogP) is 6.84. The highest BCUT2D eigenvalue weighted by Gasteiger charge is 2.50. The Labute approximate surface area is 312 Å². The van der Waals surface area contributed by atoms with E-state index in [1.807, 2.05) is 56.0 Å². The second-order valence-electron chi connectivity index (χ2n) is 16.1. The Kier molecular flexibility index (Phi) is 8.60. The van der Waals surface area contributed by atoms with Crippen molar-refractivity contribution in [3.8, 4) is 34.4 Å². The zero-order valence-electron chi connectivity index (χ0n) is 31.0. The zero-order chi connectivity index (χ0) is 37.4. The minimum atomic E-state index is -0.933. The van der Waals surface area contributed by atoms with Crippen molar-refractivity contribution in [1.29, 1.82) is 0 Å². The summed E-state index contributed by atoms with van der Waals surface area (Å²) in [6.07, 6.45) is 2.43. The molecule has 0 N–H and O–H groups in total. The Bertz CT molecular complexity index is 2120. The molecule has 14 heteroatoms. The number of nitrogens with zero attached hydrogens (tertiary/aromatic N) is 5. The number of halogens is 2. The number of carbonyl (C=O) groups excluding carboxylic acids is 1. The number of amides is 1. The fraction of sp³-hybridized carbons (Fsp3) is 0.525. The fourth-order valence-electron chi connectivity index (χ4n) is 9.24. The normalized spacial score (nSPS) is 24.8. The number of alkyl halides is 1. The van der Waals surface area contributed by atoms with Gasteiger partial charge in [0.2, 0.25) is 6.79 Å². The highest BCUT2D eigenvalue weighted by Crippen LogP contribution is 2.53. The summed E-state index contributed by atoms with van der Waals surface area (Å²) in [5.41, 5.74) is -0.370. The van der Waals surface area contributed by atoms with Gasteiger partial charge in [0.1, 0.15) is 35.5 Å². The van der Waals surface area contributed by atoms with Crippen LogP contribution in [0.2, 0.25) is 0 Å². The van der Waals surface area contributed by atoms with E-state index in [-0.39, 0.29) is 61.2 Å². The topological polar surface area (TPSA) is 108 Å².